The highest BCUT2D eigenvalue weighted by Gasteiger charge is 2.23. The lowest BCUT2D eigenvalue weighted by atomic mass is 10.2. The Morgan fingerprint density at radius 3 is 3.00 bits per heavy atom. The molecule has 0 radical (unpaired) electrons. The van der Waals surface area contributed by atoms with Crippen molar-refractivity contribution in [3.05, 3.63) is 27.4 Å². The molecule has 0 atom stereocenters. The van der Waals surface area contributed by atoms with Crippen LogP contribution >= 0.6 is 0 Å². The molecule has 0 aliphatic carbocycles. The highest BCUT2D eigenvalue weighted by Crippen LogP contribution is 2.16. The first-order valence-corrected chi connectivity index (χ1v) is 5.39. The monoisotopic (exact) mass is 224 g/mol. The second-order valence-electron chi connectivity index (χ2n) is 3.91. The van der Waals surface area contributed by atoms with Crippen molar-refractivity contribution in [3.8, 4) is 0 Å². The van der Waals surface area contributed by atoms with Crippen LogP contribution in [0.4, 0.5) is 0 Å². The fraction of sp³-hybridized carbons (Fsp3) is 0.600. The number of nitrogens with one attached hydrogen (secondary N) is 1. The maximum absolute atomic E-state index is 11.7. The maximum atomic E-state index is 11.7. The predicted octanol–water partition coefficient (Wildman–Crippen LogP) is -1.42. The molecule has 0 spiro atoms. The van der Waals surface area contributed by atoms with E-state index in [-0.39, 0.29) is 12.2 Å². The molecule has 1 aliphatic heterocycles. The van der Waals surface area contributed by atoms with Crippen LogP contribution in [-0.4, -0.2) is 39.7 Å². The molecule has 4 N–H and O–H groups in total. The molecule has 0 saturated carbocycles. The van der Waals surface area contributed by atoms with Crippen LogP contribution in [0.5, 0.6) is 0 Å². The van der Waals surface area contributed by atoms with Crippen molar-refractivity contribution in [2.45, 2.75) is 19.5 Å². The number of H-pyrrole nitrogens is 1. The molecule has 1 aromatic rings. The zero-order valence-corrected chi connectivity index (χ0v) is 9.07. The summed E-state index contributed by atoms with van der Waals surface area (Å²) in [5, 5.41) is 8.85. The summed E-state index contributed by atoms with van der Waals surface area (Å²) in [7, 11) is 0. The molecule has 0 saturated heterocycles. The van der Waals surface area contributed by atoms with Gasteiger partial charge in [0.2, 0.25) is 0 Å². The standard InChI is InChI=1S/C10H16N4O2/c11-2-1-9-12-8-6-14(3-4-15)5-7(8)10(16)13-9/h15H,1-6,11H2,(H,12,13,16). The molecule has 6 nitrogen and oxygen atoms in total. The van der Waals surface area contributed by atoms with E-state index < -0.39 is 0 Å². The van der Waals surface area contributed by atoms with E-state index in [1.807, 2.05) is 4.90 Å². The molecule has 2 rings (SSSR count). The van der Waals surface area contributed by atoms with E-state index in [1.165, 1.54) is 0 Å². The van der Waals surface area contributed by atoms with Gasteiger partial charge in [-0.05, 0) is 6.54 Å². The van der Waals surface area contributed by atoms with Crippen molar-refractivity contribution in [2.24, 2.45) is 5.73 Å². The summed E-state index contributed by atoms with van der Waals surface area (Å²) in [4.78, 5) is 20.8. The van der Waals surface area contributed by atoms with Gasteiger partial charge in [0.15, 0.2) is 0 Å². The van der Waals surface area contributed by atoms with Gasteiger partial charge in [0.1, 0.15) is 5.82 Å². The Kier molecular flexibility index (Phi) is 3.33. The van der Waals surface area contributed by atoms with E-state index in [4.69, 9.17) is 10.8 Å². The van der Waals surface area contributed by atoms with Crippen LogP contribution in [0.15, 0.2) is 4.79 Å². The van der Waals surface area contributed by atoms with Crippen molar-refractivity contribution in [1.82, 2.24) is 14.9 Å². The Morgan fingerprint density at radius 2 is 2.31 bits per heavy atom. The zero-order valence-electron chi connectivity index (χ0n) is 9.07. The minimum Gasteiger partial charge on any atom is -0.395 e. The van der Waals surface area contributed by atoms with Gasteiger partial charge in [0.05, 0.1) is 17.9 Å². The van der Waals surface area contributed by atoms with Crippen molar-refractivity contribution in [1.29, 1.82) is 0 Å². The third-order valence-electron chi connectivity index (χ3n) is 2.70. The third-order valence-corrected chi connectivity index (χ3v) is 2.70. The number of β-amino-alcohol motifs (C(OH)–C–C–N with tert-alkyl or cyclic N) is 1. The first-order chi connectivity index (χ1) is 7.74. The number of aliphatic hydroxyl groups excluding tert-OH is 1. The Bertz CT molecular complexity index is 429. The van der Waals surface area contributed by atoms with Gasteiger partial charge in [0.25, 0.3) is 5.56 Å². The van der Waals surface area contributed by atoms with Gasteiger partial charge in [-0.2, -0.15) is 0 Å². The van der Waals surface area contributed by atoms with Gasteiger partial charge in [-0.3, -0.25) is 9.69 Å². The van der Waals surface area contributed by atoms with Gasteiger partial charge < -0.3 is 15.8 Å². The zero-order chi connectivity index (χ0) is 11.5. The number of hydrogen-bond acceptors (Lipinski definition) is 5. The van der Waals surface area contributed by atoms with Gasteiger partial charge in [-0.25, -0.2) is 4.98 Å². The number of nitrogens with zero attached hydrogens (tertiary/aromatic N) is 2. The molecule has 0 bridgehead atoms. The first kappa shape index (κ1) is 11.3. The normalized spacial score (nSPS) is 15.4. The lowest BCUT2D eigenvalue weighted by Gasteiger charge is -2.10. The Morgan fingerprint density at radius 1 is 1.50 bits per heavy atom. The summed E-state index contributed by atoms with van der Waals surface area (Å²) in [6.07, 6.45) is 0.586. The summed E-state index contributed by atoms with van der Waals surface area (Å²) in [5.41, 5.74) is 6.89. The average molecular weight is 224 g/mol. The van der Waals surface area contributed by atoms with Crippen LogP contribution in [0, 0.1) is 0 Å². The third kappa shape index (κ3) is 2.13. The number of aromatic nitrogens is 2. The van der Waals surface area contributed by atoms with Gasteiger partial charge in [0, 0.05) is 26.1 Å². The summed E-state index contributed by atoms with van der Waals surface area (Å²) in [5.74, 6) is 0.650. The molecule has 0 fully saturated rings. The lowest BCUT2D eigenvalue weighted by molar-refractivity contribution is 0.197. The number of aliphatic hydroxyl groups is 1. The number of aromatic amines is 1. The van der Waals surface area contributed by atoms with Gasteiger partial charge in [-0.15, -0.1) is 0 Å². The minimum atomic E-state index is -0.0751. The molecule has 1 aliphatic rings. The predicted molar refractivity (Wildman–Crippen MR) is 58.8 cm³/mol. The molecule has 0 amide bonds. The fourth-order valence-corrected chi connectivity index (χ4v) is 1.94. The quantitative estimate of drug-likeness (QED) is 0.583. The number of rotatable bonds is 4. The topological polar surface area (TPSA) is 95.2 Å². The highest BCUT2D eigenvalue weighted by atomic mass is 16.3. The number of hydrogen-bond donors (Lipinski definition) is 3. The molecule has 6 heteroatoms. The van der Waals surface area contributed by atoms with Crippen LogP contribution in [0.3, 0.4) is 0 Å². The Hall–Kier alpha value is -1.24. The molecular weight excluding hydrogens is 208 g/mol. The van der Waals surface area contributed by atoms with Crippen LogP contribution in [0.1, 0.15) is 17.1 Å². The minimum absolute atomic E-state index is 0.0751. The molecule has 2 heterocycles. The second-order valence-corrected chi connectivity index (χ2v) is 3.91. The molecule has 88 valence electrons. The maximum Gasteiger partial charge on any atom is 0.255 e. The van der Waals surface area contributed by atoms with Crippen molar-refractivity contribution >= 4 is 0 Å². The van der Waals surface area contributed by atoms with Crippen molar-refractivity contribution in [2.75, 3.05) is 19.7 Å². The van der Waals surface area contributed by atoms with E-state index >= 15 is 0 Å². The summed E-state index contributed by atoms with van der Waals surface area (Å²) in [6, 6.07) is 0. The average Bonchev–Trinajstić information content (AvgIpc) is 2.62. The first-order valence-electron chi connectivity index (χ1n) is 5.39. The van der Waals surface area contributed by atoms with Gasteiger partial charge in [-0.1, -0.05) is 0 Å². The SMILES string of the molecule is NCCc1nc2c(c(=O)[nH]1)CN(CCO)C2. The van der Waals surface area contributed by atoms with Crippen molar-refractivity contribution < 1.29 is 5.11 Å². The Balaban J connectivity index is 2.24. The molecule has 1 aromatic heterocycles. The molecule has 0 unspecified atom stereocenters. The number of nitrogens with two attached hydrogens (primary N) is 1. The van der Waals surface area contributed by atoms with Gasteiger partial charge >= 0.3 is 0 Å². The van der Waals surface area contributed by atoms with E-state index in [1.54, 1.807) is 0 Å². The van der Waals surface area contributed by atoms with Crippen LogP contribution < -0.4 is 11.3 Å². The van der Waals surface area contributed by atoms with Crippen LogP contribution in [0.25, 0.3) is 0 Å². The van der Waals surface area contributed by atoms with E-state index in [0.29, 0.717) is 44.0 Å². The fourth-order valence-electron chi connectivity index (χ4n) is 1.94. The van der Waals surface area contributed by atoms with Crippen LogP contribution in [0.2, 0.25) is 0 Å². The summed E-state index contributed by atoms with van der Waals surface area (Å²) in [6.45, 7) is 2.35. The van der Waals surface area contributed by atoms with Crippen molar-refractivity contribution in [3.63, 3.8) is 0 Å². The molecule has 0 aromatic carbocycles. The smallest absolute Gasteiger partial charge is 0.255 e. The Labute approximate surface area is 93.1 Å². The van der Waals surface area contributed by atoms with E-state index in [9.17, 15) is 4.79 Å². The largest absolute Gasteiger partial charge is 0.395 e. The molecular formula is C10H16N4O2. The molecule has 16 heavy (non-hydrogen) atoms. The van der Waals surface area contributed by atoms with E-state index in [0.717, 1.165) is 5.69 Å². The van der Waals surface area contributed by atoms with E-state index in [2.05, 4.69) is 9.97 Å². The highest BCUT2D eigenvalue weighted by molar-refractivity contribution is 5.22. The van der Waals surface area contributed by atoms with Crippen LogP contribution in [-0.2, 0) is 19.5 Å². The second kappa shape index (κ2) is 4.73. The summed E-state index contributed by atoms with van der Waals surface area (Å²) >= 11 is 0. The lowest BCUT2D eigenvalue weighted by Crippen LogP contribution is -2.22. The summed E-state index contributed by atoms with van der Waals surface area (Å²) < 4.78 is 0. The number of fused-ring (bicyclic) bond motifs is 1.